The molecule has 1 aliphatic heterocycles. The fourth-order valence-corrected chi connectivity index (χ4v) is 8.19. The third-order valence-corrected chi connectivity index (χ3v) is 11.7. The summed E-state index contributed by atoms with van der Waals surface area (Å²) in [7, 11) is 5.05. The van der Waals surface area contributed by atoms with Gasteiger partial charge in [-0.25, -0.2) is 4.79 Å². The number of carbonyl (C=O) groups excluding carboxylic acids is 8. The van der Waals surface area contributed by atoms with Crippen molar-refractivity contribution in [2.75, 3.05) is 27.2 Å². The van der Waals surface area contributed by atoms with E-state index >= 15 is 0 Å². The average molecular weight is 948 g/mol. The van der Waals surface area contributed by atoms with Crippen molar-refractivity contribution in [1.82, 2.24) is 35.2 Å². The van der Waals surface area contributed by atoms with Crippen molar-refractivity contribution in [2.24, 2.45) is 18.4 Å². The van der Waals surface area contributed by atoms with Crippen LogP contribution in [-0.2, 0) is 55.5 Å². The lowest BCUT2D eigenvalue weighted by atomic mass is 9.76. The van der Waals surface area contributed by atoms with Crippen molar-refractivity contribution in [2.45, 2.75) is 157 Å². The summed E-state index contributed by atoms with van der Waals surface area (Å²) in [6.45, 7) is 25.1. The van der Waals surface area contributed by atoms with E-state index < -0.39 is 93.7 Å². The molecule has 68 heavy (non-hydrogen) atoms. The van der Waals surface area contributed by atoms with Gasteiger partial charge in [0.25, 0.3) is 11.8 Å². The lowest BCUT2D eigenvalue weighted by molar-refractivity contribution is -0.155. The number of fused-ring (bicyclic) bond motifs is 1. The second-order valence-electron chi connectivity index (χ2n) is 21.7. The summed E-state index contributed by atoms with van der Waals surface area (Å²) >= 11 is 0. The normalized spacial score (nSPS) is 15.4. The summed E-state index contributed by atoms with van der Waals surface area (Å²) in [5, 5.41) is 9.51. The molecule has 0 radical (unpaired) electrons. The highest BCUT2D eigenvalue weighted by molar-refractivity contribution is 6.12. The van der Waals surface area contributed by atoms with Crippen LogP contribution in [0.3, 0.4) is 0 Å². The molecule has 1 aromatic carbocycles. The number of benzene rings is 1. The fourth-order valence-electron chi connectivity index (χ4n) is 8.19. The molecule has 3 rings (SSSR count). The Labute approximate surface area is 402 Å². The van der Waals surface area contributed by atoms with Crippen molar-refractivity contribution in [1.29, 1.82) is 0 Å². The zero-order valence-corrected chi connectivity index (χ0v) is 43.4. The smallest absolute Gasteiger partial charge is 0.410 e. The van der Waals surface area contributed by atoms with Crippen LogP contribution in [0.25, 0.3) is 10.9 Å². The van der Waals surface area contributed by atoms with Gasteiger partial charge in [0.15, 0.2) is 0 Å². The Hall–Kier alpha value is -6.00. The first-order valence-electron chi connectivity index (χ1n) is 23.2. The van der Waals surface area contributed by atoms with Gasteiger partial charge in [0.1, 0.15) is 23.3 Å². The Morgan fingerprint density at radius 2 is 1.38 bits per heavy atom. The van der Waals surface area contributed by atoms with Crippen molar-refractivity contribution < 1.29 is 47.8 Å². The lowest BCUT2D eigenvalue weighted by Crippen LogP contribution is -2.63. The summed E-state index contributed by atoms with van der Waals surface area (Å²) < 4.78 is 13.3. The van der Waals surface area contributed by atoms with Gasteiger partial charge < -0.3 is 34.9 Å². The number of aromatic nitrogens is 1. The van der Waals surface area contributed by atoms with Gasteiger partial charge in [-0.3, -0.25) is 43.4 Å². The number of nitrogens with zero attached hydrogens (tertiary/aromatic N) is 4. The van der Waals surface area contributed by atoms with Crippen LogP contribution < -0.4 is 16.0 Å². The van der Waals surface area contributed by atoms with E-state index in [4.69, 9.17) is 9.47 Å². The van der Waals surface area contributed by atoms with Crippen molar-refractivity contribution in [3.05, 3.63) is 59.8 Å². The summed E-state index contributed by atoms with van der Waals surface area (Å²) in [5.41, 5.74) is -1.50. The molecule has 4 unspecified atom stereocenters. The van der Waals surface area contributed by atoms with E-state index in [1.165, 1.54) is 16.8 Å². The Morgan fingerprint density at radius 1 is 0.809 bits per heavy atom. The van der Waals surface area contributed by atoms with E-state index in [-0.39, 0.29) is 43.8 Å². The van der Waals surface area contributed by atoms with E-state index in [0.717, 1.165) is 33.5 Å². The number of ether oxygens (including phenoxy) is 2. The van der Waals surface area contributed by atoms with Gasteiger partial charge in [-0.2, -0.15) is 0 Å². The Bertz CT molecular complexity index is 2250. The third-order valence-electron chi connectivity index (χ3n) is 11.7. The quantitative estimate of drug-likeness (QED) is 0.0892. The van der Waals surface area contributed by atoms with Gasteiger partial charge in [0.2, 0.25) is 23.6 Å². The van der Waals surface area contributed by atoms with E-state index in [1.807, 2.05) is 90.5 Å². The standard InChI is InChI=1S/C51H77N7O10/c1-31(2)37(28-32(3)44(63)53-33(29-41(62)67-49(7,8)9)22-23-38(59)52-26-27-58-39(60)24-25-40(58)61)56(16)46(65)42(48(4,5)6)54-45(64)43(57(17)47(66)68-50(10,11)12)51(13,14)35-30-55(15)36-21-19-18-20-34(35)36/h18-21,24-25,28,30-31,33,37,42-43H,22-23,26-27,29H2,1-17H3,(H,52,59)(H,53,63)(H,54,64)/b32-28+. The first kappa shape index (κ1) is 56.3. The van der Waals surface area contributed by atoms with Gasteiger partial charge in [0, 0.05) is 86.9 Å². The second-order valence-corrected chi connectivity index (χ2v) is 21.7. The molecule has 1 aromatic heterocycles. The first-order chi connectivity index (χ1) is 31.2. The van der Waals surface area contributed by atoms with Crippen molar-refractivity contribution in [3.63, 3.8) is 0 Å². The van der Waals surface area contributed by atoms with Gasteiger partial charge in [0.05, 0.1) is 12.5 Å². The Morgan fingerprint density at radius 3 is 1.93 bits per heavy atom. The molecule has 0 fully saturated rings. The molecule has 0 saturated carbocycles. The largest absolute Gasteiger partial charge is 0.460 e. The number of likely N-dealkylation sites (N-methyl/N-ethyl adjacent to an activating group) is 2. The number of para-hydroxylation sites is 1. The van der Waals surface area contributed by atoms with Gasteiger partial charge in [-0.05, 0) is 77.8 Å². The molecule has 376 valence electrons. The SMILES string of the molecule is C/C(=C\C(C(C)C)N(C)C(=O)C(NC(=O)C(N(C)C(=O)OC(C)(C)C)C(C)(C)c1cn(C)c2ccccc12)C(C)(C)C)C(=O)NC(CCC(=O)NCCN1C(=O)C=CC1=O)CC(=O)OC(C)(C)C. The maximum absolute atomic E-state index is 15.0. The summed E-state index contributed by atoms with van der Waals surface area (Å²) in [6, 6.07) is 4.08. The number of carbonyl (C=O) groups is 8. The predicted octanol–water partition coefficient (Wildman–Crippen LogP) is 5.69. The molecular formula is C51H77N7O10. The van der Waals surface area contributed by atoms with Crippen LogP contribution >= 0.6 is 0 Å². The molecule has 1 aliphatic rings. The molecule has 17 heteroatoms. The number of esters is 1. The summed E-state index contributed by atoms with van der Waals surface area (Å²) in [5.74, 6) is -3.67. The molecule has 4 atom stereocenters. The van der Waals surface area contributed by atoms with E-state index in [2.05, 4.69) is 16.0 Å². The molecule has 3 N–H and O–H groups in total. The minimum Gasteiger partial charge on any atom is -0.460 e. The number of hydrogen-bond acceptors (Lipinski definition) is 10. The number of nitrogens with one attached hydrogen (secondary N) is 3. The van der Waals surface area contributed by atoms with E-state index in [1.54, 1.807) is 61.6 Å². The third kappa shape index (κ3) is 15.3. The molecular weight excluding hydrogens is 871 g/mol. The molecule has 7 amide bonds. The number of rotatable bonds is 19. The molecule has 0 spiro atoms. The van der Waals surface area contributed by atoms with Crippen LogP contribution in [0.2, 0.25) is 0 Å². The van der Waals surface area contributed by atoms with Crippen molar-refractivity contribution in [3.8, 4) is 0 Å². The van der Waals surface area contributed by atoms with Gasteiger partial charge >= 0.3 is 12.1 Å². The monoisotopic (exact) mass is 948 g/mol. The highest BCUT2D eigenvalue weighted by atomic mass is 16.6. The van der Waals surface area contributed by atoms with Crippen LogP contribution in [0.15, 0.2) is 54.3 Å². The van der Waals surface area contributed by atoms with Crippen LogP contribution in [0.1, 0.15) is 122 Å². The minimum absolute atomic E-state index is 0.00859. The maximum atomic E-state index is 15.0. The molecule has 0 bridgehead atoms. The highest BCUT2D eigenvalue weighted by Crippen LogP contribution is 2.37. The van der Waals surface area contributed by atoms with Gasteiger partial charge in [-0.15, -0.1) is 0 Å². The zero-order valence-electron chi connectivity index (χ0n) is 43.4. The topological polar surface area (TPSA) is 206 Å². The van der Waals surface area contributed by atoms with Crippen LogP contribution in [0, 0.1) is 11.3 Å². The minimum atomic E-state index is -1.15. The highest BCUT2D eigenvalue weighted by Gasteiger charge is 2.47. The molecule has 0 aliphatic carbocycles. The van der Waals surface area contributed by atoms with Crippen LogP contribution in [0.5, 0.6) is 0 Å². The number of imide groups is 1. The Kier molecular flexibility index (Phi) is 18.6. The molecule has 2 aromatic rings. The molecule has 0 saturated heterocycles. The first-order valence-corrected chi connectivity index (χ1v) is 23.2. The lowest BCUT2D eigenvalue weighted by Gasteiger charge is -2.42. The van der Waals surface area contributed by atoms with E-state index in [9.17, 15) is 38.4 Å². The van der Waals surface area contributed by atoms with Crippen molar-refractivity contribution >= 4 is 58.4 Å². The summed E-state index contributed by atoms with van der Waals surface area (Å²) in [6.07, 6.45) is 4.97. The molecule has 17 nitrogen and oxygen atoms in total. The number of hydrogen-bond donors (Lipinski definition) is 3. The predicted molar refractivity (Wildman–Crippen MR) is 261 cm³/mol. The second kappa shape index (κ2) is 22.4. The maximum Gasteiger partial charge on any atom is 0.410 e. The average Bonchev–Trinajstić information content (AvgIpc) is 3.72. The Balaban J connectivity index is 1.91. The number of amides is 7. The summed E-state index contributed by atoms with van der Waals surface area (Å²) in [4.78, 5) is 111. The zero-order chi connectivity index (χ0) is 51.9. The number of aryl methyl sites for hydroxylation is 1. The van der Waals surface area contributed by atoms with Crippen LogP contribution in [0.4, 0.5) is 4.79 Å². The fraction of sp³-hybridized carbons (Fsp3) is 0.608. The van der Waals surface area contributed by atoms with Gasteiger partial charge in [-0.1, -0.05) is 72.7 Å². The van der Waals surface area contributed by atoms with E-state index in [0.29, 0.717) is 0 Å². The van der Waals surface area contributed by atoms with Crippen LogP contribution in [-0.4, -0.2) is 129 Å². The molecule has 2 heterocycles.